The maximum atomic E-state index is 11.3. The molecule has 0 atom stereocenters. The van der Waals surface area contributed by atoms with Gasteiger partial charge >= 0.3 is 0 Å². The lowest BCUT2D eigenvalue weighted by molar-refractivity contribution is 0.942. The van der Waals surface area contributed by atoms with Crippen molar-refractivity contribution in [2.75, 3.05) is 12.4 Å². The second-order valence-electron chi connectivity index (χ2n) is 2.76. The van der Waals surface area contributed by atoms with Crippen LogP contribution in [0.1, 0.15) is 18.2 Å². The fourth-order valence-electron chi connectivity index (χ4n) is 1.20. The van der Waals surface area contributed by atoms with Crippen LogP contribution in [0.3, 0.4) is 0 Å². The molecule has 3 N–H and O–H groups in total. The van der Waals surface area contributed by atoms with Gasteiger partial charge in [0.2, 0.25) is 0 Å². The number of aryl methyl sites for hydroxylation is 1. The highest BCUT2D eigenvalue weighted by Gasteiger charge is 2.11. The molecule has 0 aliphatic rings. The van der Waals surface area contributed by atoms with Crippen molar-refractivity contribution < 1.29 is 0 Å². The number of rotatable bonds is 2. The first kappa shape index (κ1) is 9.44. The van der Waals surface area contributed by atoms with Gasteiger partial charge in [0, 0.05) is 12.8 Å². The van der Waals surface area contributed by atoms with E-state index >= 15 is 0 Å². The second kappa shape index (κ2) is 3.38. The number of H-pyrrole nitrogens is 1. The van der Waals surface area contributed by atoms with Crippen LogP contribution in [0.25, 0.3) is 0 Å². The molecule has 0 aliphatic carbocycles. The zero-order valence-corrected chi connectivity index (χ0v) is 7.86. The minimum absolute atomic E-state index is 0.233. The fourth-order valence-corrected chi connectivity index (χ4v) is 1.20. The van der Waals surface area contributed by atoms with Crippen molar-refractivity contribution in [1.29, 1.82) is 5.41 Å². The van der Waals surface area contributed by atoms with Gasteiger partial charge in [-0.3, -0.25) is 4.79 Å². The highest BCUT2D eigenvalue weighted by atomic mass is 16.1. The molecule has 0 unspecified atom stereocenters. The molecule has 0 amide bonds. The van der Waals surface area contributed by atoms with Gasteiger partial charge in [0.1, 0.15) is 0 Å². The minimum Gasteiger partial charge on any atom is -0.386 e. The lowest BCUT2D eigenvalue weighted by Crippen LogP contribution is -2.21. The minimum atomic E-state index is -0.331. The summed E-state index contributed by atoms with van der Waals surface area (Å²) in [6.45, 7) is 3.35. The van der Waals surface area contributed by atoms with Gasteiger partial charge in [0.05, 0.1) is 16.9 Å². The average Bonchev–Trinajstić information content (AvgIpc) is 2.07. The first-order valence-electron chi connectivity index (χ1n) is 3.90. The van der Waals surface area contributed by atoms with Crippen molar-refractivity contribution in [1.82, 2.24) is 10.2 Å². The van der Waals surface area contributed by atoms with Crippen LogP contribution >= 0.6 is 0 Å². The molecule has 0 radical (unpaired) electrons. The number of nitrogens with zero attached hydrogens (tertiary/aromatic N) is 1. The Hall–Kier alpha value is -1.65. The number of anilines is 1. The Bertz CT molecular complexity index is 394. The molecule has 0 fully saturated rings. The third-order valence-electron chi connectivity index (χ3n) is 1.79. The van der Waals surface area contributed by atoms with Gasteiger partial charge in [0.25, 0.3) is 5.56 Å². The second-order valence-corrected chi connectivity index (χ2v) is 2.76. The molecule has 13 heavy (non-hydrogen) atoms. The zero-order chi connectivity index (χ0) is 10.0. The smallest absolute Gasteiger partial charge is 0.275 e. The average molecular weight is 180 g/mol. The highest BCUT2D eigenvalue weighted by Crippen LogP contribution is 2.13. The standard InChI is InChI=1S/C8H12N4O/c1-4(9)6-7(10-3)5(2)11-12-8(6)13/h9H,1-3H3,(H2,10,12,13). The molecule has 0 aromatic carbocycles. The van der Waals surface area contributed by atoms with Gasteiger partial charge in [-0.1, -0.05) is 0 Å². The first-order valence-corrected chi connectivity index (χ1v) is 3.90. The number of aromatic amines is 1. The van der Waals surface area contributed by atoms with E-state index in [4.69, 9.17) is 5.41 Å². The molecule has 1 heterocycles. The van der Waals surface area contributed by atoms with Crippen LogP contribution in [0.2, 0.25) is 0 Å². The Morgan fingerprint density at radius 1 is 1.62 bits per heavy atom. The summed E-state index contributed by atoms with van der Waals surface area (Å²) in [4.78, 5) is 11.3. The predicted octanol–water partition coefficient (Wildman–Crippen LogP) is 0.508. The van der Waals surface area contributed by atoms with Crippen molar-refractivity contribution in [3.05, 3.63) is 21.6 Å². The van der Waals surface area contributed by atoms with E-state index in [1.165, 1.54) is 0 Å². The van der Waals surface area contributed by atoms with E-state index in [0.717, 1.165) is 0 Å². The molecule has 0 saturated carbocycles. The van der Waals surface area contributed by atoms with E-state index in [0.29, 0.717) is 16.9 Å². The van der Waals surface area contributed by atoms with Gasteiger partial charge in [0.15, 0.2) is 0 Å². The quantitative estimate of drug-likeness (QED) is 0.580. The molecule has 1 rings (SSSR count). The Morgan fingerprint density at radius 3 is 2.62 bits per heavy atom. The van der Waals surface area contributed by atoms with Crippen LogP contribution < -0.4 is 10.9 Å². The molecule has 0 aliphatic heterocycles. The number of hydrogen-bond acceptors (Lipinski definition) is 4. The van der Waals surface area contributed by atoms with Crippen LogP contribution in [0.15, 0.2) is 4.79 Å². The maximum Gasteiger partial charge on any atom is 0.275 e. The summed E-state index contributed by atoms with van der Waals surface area (Å²) >= 11 is 0. The van der Waals surface area contributed by atoms with Gasteiger partial charge in [-0.15, -0.1) is 0 Å². The number of hydrogen-bond donors (Lipinski definition) is 3. The third kappa shape index (κ3) is 1.58. The van der Waals surface area contributed by atoms with E-state index in [-0.39, 0.29) is 11.3 Å². The first-order chi connectivity index (χ1) is 6.07. The van der Waals surface area contributed by atoms with Crippen molar-refractivity contribution in [2.45, 2.75) is 13.8 Å². The molecular formula is C8H12N4O. The van der Waals surface area contributed by atoms with Crippen LogP contribution in [0.4, 0.5) is 5.69 Å². The zero-order valence-electron chi connectivity index (χ0n) is 7.86. The van der Waals surface area contributed by atoms with Gasteiger partial charge in [-0.25, -0.2) is 5.10 Å². The van der Waals surface area contributed by atoms with Crippen molar-refractivity contribution in [3.63, 3.8) is 0 Å². The van der Waals surface area contributed by atoms with E-state index in [1.54, 1.807) is 20.9 Å². The topological polar surface area (TPSA) is 81.6 Å². The van der Waals surface area contributed by atoms with Gasteiger partial charge < -0.3 is 10.7 Å². The van der Waals surface area contributed by atoms with E-state index in [2.05, 4.69) is 15.5 Å². The van der Waals surface area contributed by atoms with Crippen LogP contribution in [0.5, 0.6) is 0 Å². The van der Waals surface area contributed by atoms with Crippen molar-refractivity contribution >= 4 is 11.4 Å². The Morgan fingerprint density at radius 2 is 2.23 bits per heavy atom. The molecule has 1 aromatic rings. The van der Waals surface area contributed by atoms with Crippen LogP contribution in [-0.2, 0) is 0 Å². The van der Waals surface area contributed by atoms with E-state index < -0.39 is 0 Å². The predicted molar refractivity (Wildman–Crippen MR) is 51.6 cm³/mol. The fraction of sp³-hybridized carbons (Fsp3) is 0.375. The lowest BCUT2D eigenvalue weighted by Gasteiger charge is -2.08. The van der Waals surface area contributed by atoms with Crippen molar-refractivity contribution in [3.8, 4) is 0 Å². The SMILES string of the molecule is CNc1c(C)n[nH]c(=O)c1C(C)=N. The molecule has 0 saturated heterocycles. The molecular weight excluding hydrogens is 168 g/mol. The van der Waals surface area contributed by atoms with Gasteiger partial charge in [-0.05, 0) is 13.8 Å². The Labute approximate surface area is 75.7 Å². The molecule has 0 spiro atoms. The summed E-state index contributed by atoms with van der Waals surface area (Å²) in [5, 5.41) is 16.4. The highest BCUT2D eigenvalue weighted by molar-refractivity contribution is 6.01. The maximum absolute atomic E-state index is 11.3. The summed E-state index contributed by atoms with van der Waals surface area (Å²) in [6, 6.07) is 0. The van der Waals surface area contributed by atoms with Gasteiger partial charge in [-0.2, -0.15) is 5.10 Å². The summed E-state index contributed by atoms with van der Waals surface area (Å²) < 4.78 is 0. The number of nitrogens with one attached hydrogen (secondary N) is 3. The monoisotopic (exact) mass is 180 g/mol. The Kier molecular flexibility index (Phi) is 2.46. The molecule has 5 heteroatoms. The molecule has 5 nitrogen and oxygen atoms in total. The van der Waals surface area contributed by atoms with Crippen LogP contribution in [-0.4, -0.2) is 23.0 Å². The molecule has 0 bridgehead atoms. The Balaban J connectivity index is 3.53. The van der Waals surface area contributed by atoms with E-state index in [9.17, 15) is 4.79 Å². The van der Waals surface area contributed by atoms with E-state index in [1.807, 2.05) is 0 Å². The number of aromatic nitrogens is 2. The summed E-state index contributed by atoms with van der Waals surface area (Å²) in [7, 11) is 1.70. The lowest BCUT2D eigenvalue weighted by atomic mass is 10.1. The summed E-state index contributed by atoms with van der Waals surface area (Å²) in [5.41, 5.74) is 1.56. The van der Waals surface area contributed by atoms with Crippen LogP contribution in [0, 0.1) is 12.3 Å². The molecule has 1 aromatic heterocycles. The largest absolute Gasteiger partial charge is 0.386 e. The van der Waals surface area contributed by atoms with Crippen molar-refractivity contribution in [2.24, 2.45) is 0 Å². The molecule has 70 valence electrons. The third-order valence-corrected chi connectivity index (χ3v) is 1.79. The summed E-state index contributed by atoms with van der Waals surface area (Å²) in [5.74, 6) is 0. The normalized spacial score (nSPS) is 9.77. The summed E-state index contributed by atoms with van der Waals surface area (Å²) in [6.07, 6.45) is 0.